The lowest BCUT2D eigenvalue weighted by Crippen LogP contribution is -2.28. The van der Waals surface area contributed by atoms with E-state index >= 15 is 0 Å². The van der Waals surface area contributed by atoms with Crippen LogP contribution in [0.1, 0.15) is 24.1 Å². The largest absolute Gasteiger partial charge is 0.497 e. The Balaban J connectivity index is 1.66. The molecule has 0 saturated carbocycles. The molecular formula is C19H23NO2S. The maximum Gasteiger partial charge on any atom is 0.230 e. The van der Waals surface area contributed by atoms with E-state index in [1.54, 1.807) is 18.9 Å². The molecule has 3 nitrogen and oxygen atoms in total. The highest BCUT2D eigenvalue weighted by Gasteiger charge is 2.08. The molecule has 0 spiro atoms. The molecule has 1 atom stereocenters. The minimum atomic E-state index is 0.0471. The first-order valence-corrected chi connectivity index (χ1v) is 8.89. The second-order valence-corrected chi connectivity index (χ2v) is 6.46. The summed E-state index contributed by atoms with van der Waals surface area (Å²) >= 11 is 1.66. The van der Waals surface area contributed by atoms with Crippen LogP contribution in [0.25, 0.3) is 0 Å². The molecule has 2 aromatic rings. The van der Waals surface area contributed by atoms with Crippen molar-refractivity contribution in [3.05, 3.63) is 65.7 Å². The SMILES string of the molecule is COc1ccc(CCSCC(=O)N[C@@H](C)c2ccccc2)cc1. The van der Waals surface area contributed by atoms with E-state index in [1.165, 1.54) is 5.56 Å². The van der Waals surface area contributed by atoms with Gasteiger partial charge in [0.15, 0.2) is 0 Å². The van der Waals surface area contributed by atoms with Crippen LogP contribution in [0.3, 0.4) is 0 Å². The second-order valence-electron chi connectivity index (χ2n) is 5.35. The van der Waals surface area contributed by atoms with Crippen molar-refractivity contribution in [2.75, 3.05) is 18.6 Å². The molecule has 122 valence electrons. The smallest absolute Gasteiger partial charge is 0.230 e. The Labute approximate surface area is 142 Å². The lowest BCUT2D eigenvalue weighted by molar-refractivity contribution is -0.119. The first-order chi connectivity index (χ1) is 11.2. The quantitative estimate of drug-likeness (QED) is 0.748. The fourth-order valence-electron chi connectivity index (χ4n) is 2.26. The number of hydrogen-bond acceptors (Lipinski definition) is 3. The Morgan fingerprint density at radius 3 is 2.48 bits per heavy atom. The average Bonchev–Trinajstić information content (AvgIpc) is 2.60. The Hall–Kier alpha value is -1.94. The van der Waals surface area contributed by atoms with Gasteiger partial charge in [0.05, 0.1) is 18.9 Å². The van der Waals surface area contributed by atoms with Gasteiger partial charge < -0.3 is 10.1 Å². The number of rotatable bonds is 8. The molecule has 0 bridgehead atoms. The van der Waals surface area contributed by atoms with E-state index in [0.717, 1.165) is 23.5 Å². The second kappa shape index (κ2) is 9.26. The fraction of sp³-hybridized carbons (Fsp3) is 0.316. The monoisotopic (exact) mass is 329 g/mol. The fourth-order valence-corrected chi connectivity index (χ4v) is 3.05. The van der Waals surface area contributed by atoms with Gasteiger partial charge in [-0.1, -0.05) is 42.5 Å². The van der Waals surface area contributed by atoms with Gasteiger partial charge in [0.25, 0.3) is 0 Å². The van der Waals surface area contributed by atoms with Crippen LogP contribution in [0.5, 0.6) is 5.75 Å². The van der Waals surface area contributed by atoms with Crippen LogP contribution < -0.4 is 10.1 Å². The van der Waals surface area contributed by atoms with E-state index in [2.05, 4.69) is 17.4 Å². The highest BCUT2D eigenvalue weighted by atomic mass is 32.2. The van der Waals surface area contributed by atoms with Crippen LogP contribution >= 0.6 is 11.8 Å². The Morgan fingerprint density at radius 2 is 1.83 bits per heavy atom. The van der Waals surface area contributed by atoms with E-state index in [0.29, 0.717) is 5.75 Å². The number of benzene rings is 2. The lowest BCUT2D eigenvalue weighted by Gasteiger charge is -2.14. The van der Waals surface area contributed by atoms with Crippen LogP contribution in [0, 0.1) is 0 Å². The number of nitrogens with one attached hydrogen (secondary N) is 1. The van der Waals surface area contributed by atoms with Crippen molar-refractivity contribution in [2.45, 2.75) is 19.4 Å². The highest BCUT2D eigenvalue weighted by Crippen LogP contribution is 2.14. The van der Waals surface area contributed by atoms with Gasteiger partial charge in [0, 0.05) is 0 Å². The van der Waals surface area contributed by atoms with E-state index in [4.69, 9.17) is 4.74 Å². The van der Waals surface area contributed by atoms with E-state index in [9.17, 15) is 4.79 Å². The minimum Gasteiger partial charge on any atom is -0.497 e. The first-order valence-electron chi connectivity index (χ1n) is 7.74. The molecule has 0 aromatic heterocycles. The highest BCUT2D eigenvalue weighted by molar-refractivity contribution is 7.99. The topological polar surface area (TPSA) is 38.3 Å². The maximum atomic E-state index is 12.0. The Bertz CT molecular complexity index is 599. The minimum absolute atomic E-state index is 0.0471. The summed E-state index contributed by atoms with van der Waals surface area (Å²) in [6, 6.07) is 18.1. The van der Waals surface area contributed by atoms with Gasteiger partial charge in [0.2, 0.25) is 5.91 Å². The molecule has 1 N–H and O–H groups in total. The number of aryl methyl sites for hydroxylation is 1. The summed E-state index contributed by atoms with van der Waals surface area (Å²) in [7, 11) is 1.67. The summed E-state index contributed by atoms with van der Waals surface area (Å²) in [6.07, 6.45) is 0.955. The molecular weight excluding hydrogens is 306 g/mol. The van der Waals surface area contributed by atoms with Crippen molar-refractivity contribution in [1.29, 1.82) is 0 Å². The van der Waals surface area contributed by atoms with Crippen LogP contribution in [-0.2, 0) is 11.2 Å². The zero-order valence-electron chi connectivity index (χ0n) is 13.6. The summed E-state index contributed by atoms with van der Waals surface area (Å²) in [6.45, 7) is 2.01. The van der Waals surface area contributed by atoms with Gasteiger partial charge in [-0.3, -0.25) is 4.79 Å². The molecule has 0 heterocycles. The van der Waals surface area contributed by atoms with Crippen molar-refractivity contribution in [2.24, 2.45) is 0 Å². The summed E-state index contributed by atoms with van der Waals surface area (Å²) < 4.78 is 5.14. The van der Waals surface area contributed by atoms with Gasteiger partial charge in [0.1, 0.15) is 5.75 Å². The number of methoxy groups -OCH3 is 1. The van der Waals surface area contributed by atoms with Crippen molar-refractivity contribution in [1.82, 2.24) is 5.32 Å². The molecule has 0 aliphatic rings. The van der Waals surface area contributed by atoms with Crippen LogP contribution in [0.4, 0.5) is 0 Å². The lowest BCUT2D eigenvalue weighted by atomic mass is 10.1. The Morgan fingerprint density at radius 1 is 1.13 bits per heavy atom. The molecule has 23 heavy (non-hydrogen) atoms. The molecule has 0 aliphatic heterocycles. The third-order valence-electron chi connectivity index (χ3n) is 3.60. The third-order valence-corrected chi connectivity index (χ3v) is 4.56. The normalized spacial score (nSPS) is 11.7. The van der Waals surface area contributed by atoms with Gasteiger partial charge in [-0.15, -0.1) is 0 Å². The summed E-state index contributed by atoms with van der Waals surface area (Å²) in [4.78, 5) is 12.0. The number of hydrogen-bond donors (Lipinski definition) is 1. The first kappa shape index (κ1) is 17.4. The predicted octanol–water partition coefficient (Wildman–Crippen LogP) is 3.85. The molecule has 0 aliphatic carbocycles. The van der Waals surface area contributed by atoms with Gasteiger partial charge in [-0.05, 0) is 42.4 Å². The van der Waals surface area contributed by atoms with Gasteiger partial charge >= 0.3 is 0 Å². The summed E-state index contributed by atoms with van der Waals surface area (Å²) in [5, 5.41) is 3.03. The number of carbonyl (C=O) groups excluding carboxylic acids is 1. The van der Waals surface area contributed by atoms with Crippen molar-refractivity contribution in [3.63, 3.8) is 0 Å². The number of amides is 1. The van der Waals surface area contributed by atoms with Gasteiger partial charge in [-0.2, -0.15) is 11.8 Å². The third kappa shape index (κ3) is 5.99. The van der Waals surface area contributed by atoms with Crippen LogP contribution in [0.15, 0.2) is 54.6 Å². The van der Waals surface area contributed by atoms with Crippen molar-refractivity contribution in [3.8, 4) is 5.75 Å². The van der Waals surface area contributed by atoms with Gasteiger partial charge in [-0.25, -0.2) is 0 Å². The molecule has 0 radical (unpaired) electrons. The Kier molecular flexibility index (Phi) is 7.01. The zero-order valence-corrected chi connectivity index (χ0v) is 14.4. The van der Waals surface area contributed by atoms with Crippen molar-refractivity contribution < 1.29 is 9.53 Å². The number of carbonyl (C=O) groups is 1. The van der Waals surface area contributed by atoms with Crippen LogP contribution in [-0.4, -0.2) is 24.5 Å². The number of thioether (sulfide) groups is 1. The van der Waals surface area contributed by atoms with E-state index < -0.39 is 0 Å². The standard InChI is InChI=1S/C19H23NO2S/c1-15(17-6-4-3-5-7-17)20-19(21)14-23-13-12-16-8-10-18(22-2)11-9-16/h3-11,15H,12-14H2,1-2H3,(H,20,21)/t15-/m0/s1. The van der Waals surface area contributed by atoms with Crippen molar-refractivity contribution >= 4 is 17.7 Å². The molecule has 2 aromatic carbocycles. The molecule has 1 amide bonds. The zero-order chi connectivity index (χ0) is 16.5. The maximum absolute atomic E-state index is 12.0. The van der Waals surface area contributed by atoms with Crippen LogP contribution in [0.2, 0.25) is 0 Å². The molecule has 0 saturated heterocycles. The molecule has 4 heteroatoms. The molecule has 2 rings (SSSR count). The number of ether oxygens (including phenoxy) is 1. The summed E-state index contributed by atoms with van der Waals surface area (Å²) in [5.74, 6) is 2.38. The summed E-state index contributed by atoms with van der Waals surface area (Å²) in [5.41, 5.74) is 2.39. The molecule has 0 unspecified atom stereocenters. The average molecular weight is 329 g/mol. The predicted molar refractivity (Wildman–Crippen MR) is 97.0 cm³/mol. The van der Waals surface area contributed by atoms with E-state index in [1.807, 2.05) is 49.4 Å². The molecule has 0 fully saturated rings. The van der Waals surface area contributed by atoms with E-state index in [-0.39, 0.29) is 11.9 Å².